The van der Waals surface area contributed by atoms with E-state index >= 15 is 0 Å². The van der Waals surface area contributed by atoms with Crippen molar-refractivity contribution in [3.8, 4) is 0 Å². The number of anilines is 1. The van der Waals surface area contributed by atoms with Gasteiger partial charge in [-0.25, -0.2) is 9.97 Å². The summed E-state index contributed by atoms with van der Waals surface area (Å²) in [5, 5.41) is 8.11. The molecular weight excluding hydrogens is 288 g/mol. The Bertz CT molecular complexity index is 631. The number of fused-ring (bicyclic) bond motifs is 1. The highest BCUT2D eigenvalue weighted by atomic mass is 15.2. The molecule has 6 heteroatoms. The van der Waals surface area contributed by atoms with Gasteiger partial charge in [0.15, 0.2) is 5.65 Å². The van der Waals surface area contributed by atoms with Crippen LogP contribution in [-0.2, 0) is 0 Å². The maximum atomic E-state index is 4.54. The zero-order valence-corrected chi connectivity index (χ0v) is 13.7. The van der Waals surface area contributed by atoms with Gasteiger partial charge >= 0.3 is 0 Å². The van der Waals surface area contributed by atoms with Crippen molar-refractivity contribution in [2.24, 2.45) is 5.92 Å². The predicted molar refractivity (Wildman–Crippen MR) is 91.5 cm³/mol. The van der Waals surface area contributed by atoms with Gasteiger partial charge in [-0.2, -0.15) is 5.10 Å². The zero-order chi connectivity index (χ0) is 15.5. The Morgan fingerprint density at radius 2 is 1.91 bits per heavy atom. The summed E-state index contributed by atoms with van der Waals surface area (Å²) in [6.07, 6.45) is 11.7. The van der Waals surface area contributed by atoms with Gasteiger partial charge in [-0.05, 0) is 44.7 Å². The standard InChI is InChI=1S/C17H26N6/c1-2-4-8-22(7-3-1)11-14-6-5-9-23(12-14)17-15-10-20-21-16(15)18-13-19-17/h10,13-14H,1-9,11-12H2,(H,18,19,20,21). The Balaban J connectivity index is 1.45. The van der Waals surface area contributed by atoms with E-state index in [0.717, 1.165) is 35.9 Å². The summed E-state index contributed by atoms with van der Waals surface area (Å²) in [4.78, 5) is 13.9. The molecule has 2 aromatic rings. The van der Waals surface area contributed by atoms with Crippen LogP contribution in [-0.4, -0.2) is 57.8 Å². The number of piperidine rings is 1. The summed E-state index contributed by atoms with van der Waals surface area (Å²) in [7, 11) is 0. The normalized spacial score (nSPS) is 24.0. The maximum absolute atomic E-state index is 4.54. The first-order valence-corrected chi connectivity index (χ1v) is 9.01. The topological polar surface area (TPSA) is 60.9 Å². The second kappa shape index (κ2) is 6.83. The summed E-state index contributed by atoms with van der Waals surface area (Å²) < 4.78 is 0. The van der Waals surface area contributed by atoms with Crippen molar-refractivity contribution in [3.05, 3.63) is 12.5 Å². The Hall–Kier alpha value is -1.69. The number of aromatic nitrogens is 4. The van der Waals surface area contributed by atoms with Crippen LogP contribution in [0.2, 0.25) is 0 Å². The van der Waals surface area contributed by atoms with Gasteiger partial charge in [-0.3, -0.25) is 5.10 Å². The molecule has 2 aromatic heterocycles. The van der Waals surface area contributed by atoms with Crippen LogP contribution in [0.4, 0.5) is 5.82 Å². The predicted octanol–water partition coefficient (Wildman–Crippen LogP) is 2.45. The highest BCUT2D eigenvalue weighted by Crippen LogP contribution is 2.27. The Morgan fingerprint density at radius 3 is 2.78 bits per heavy atom. The fourth-order valence-electron chi connectivity index (χ4n) is 4.09. The Kier molecular flexibility index (Phi) is 4.41. The van der Waals surface area contributed by atoms with Crippen molar-refractivity contribution in [2.45, 2.75) is 38.5 Å². The third-order valence-electron chi connectivity index (χ3n) is 5.26. The average Bonchev–Trinajstić information content (AvgIpc) is 2.92. The molecule has 0 spiro atoms. The van der Waals surface area contributed by atoms with Gasteiger partial charge in [0.25, 0.3) is 0 Å². The molecule has 6 nitrogen and oxygen atoms in total. The molecule has 2 saturated heterocycles. The smallest absolute Gasteiger partial charge is 0.160 e. The molecule has 0 saturated carbocycles. The molecule has 4 rings (SSSR count). The number of hydrogen-bond acceptors (Lipinski definition) is 5. The van der Waals surface area contributed by atoms with E-state index in [-0.39, 0.29) is 0 Å². The highest BCUT2D eigenvalue weighted by Gasteiger charge is 2.24. The molecule has 1 atom stereocenters. The molecule has 2 aliphatic rings. The molecule has 0 radical (unpaired) electrons. The third-order valence-corrected chi connectivity index (χ3v) is 5.26. The molecular formula is C17H26N6. The van der Waals surface area contributed by atoms with Crippen LogP contribution in [0.15, 0.2) is 12.5 Å². The molecule has 0 amide bonds. The Morgan fingerprint density at radius 1 is 1.04 bits per heavy atom. The van der Waals surface area contributed by atoms with Crippen molar-refractivity contribution in [3.63, 3.8) is 0 Å². The van der Waals surface area contributed by atoms with E-state index in [9.17, 15) is 0 Å². The first kappa shape index (κ1) is 14.9. The lowest BCUT2D eigenvalue weighted by Gasteiger charge is -2.36. The quantitative estimate of drug-likeness (QED) is 0.943. The lowest BCUT2D eigenvalue weighted by atomic mass is 9.97. The molecule has 0 bridgehead atoms. The summed E-state index contributed by atoms with van der Waals surface area (Å²) in [6, 6.07) is 0. The van der Waals surface area contributed by atoms with Crippen molar-refractivity contribution in [1.82, 2.24) is 25.1 Å². The van der Waals surface area contributed by atoms with E-state index in [0.29, 0.717) is 0 Å². The Labute approximate surface area is 137 Å². The van der Waals surface area contributed by atoms with E-state index < -0.39 is 0 Å². The number of nitrogens with zero attached hydrogens (tertiary/aromatic N) is 5. The van der Waals surface area contributed by atoms with E-state index in [2.05, 4.69) is 30.0 Å². The molecule has 2 fully saturated rings. The number of nitrogens with one attached hydrogen (secondary N) is 1. The summed E-state index contributed by atoms with van der Waals surface area (Å²) in [6.45, 7) is 6.02. The molecule has 1 unspecified atom stereocenters. The molecule has 4 heterocycles. The van der Waals surface area contributed by atoms with Gasteiger partial charge in [-0.1, -0.05) is 12.8 Å². The van der Waals surface area contributed by atoms with Crippen LogP contribution in [0.25, 0.3) is 11.0 Å². The van der Waals surface area contributed by atoms with Crippen LogP contribution < -0.4 is 4.90 Å². The summed E-state index contributed by atoms with van der Waals surface area (Å²) in [5.74, 6) is 1.79. The van der Waals surface area contributed by atoms with Gasteiger partial charge in [0.1, 0.15) is 12.1 Å². The minimum Gasteiger partial charge on any atom is -0.356 e. The van der Waals surface area contributed by atoms with Gasteiger partial charge in [0.05, 0.1) is 11.6 Å². The van der Waals surface area contributed by atoms with Gasteiger partial charge in [-0.15, -0.1) is 0 Å². The maximum Gasteiger partial charge on any atom is 0.160 e. The number of hydrogen-bond donors (Lipinski definition) is 1. The lowest BCUT2D eigenvalue weighted by molar-refractivity contribution is 0.222. The minimum absolute atomic E-state index is 0.749. The van der Waals surface area contributed by atoms with E-state index in [1.807, 2.05) is 6.20 Å². The highest BCUT2D eigenvalue weighted by molar-refractivity contribution is 5.86. The van der Waals surface area contributed by atoms with E-state index in [1.54, 1.807) is 6.33 Å². The first-order chi connectivity index (χ1) is 11.4. The molecule has 1 N–H and O–H groups in total. The molecule has 23 heavy (non-hydrogen) atoms. The van der Waals surface area contributed by atoms with Crippen molar-refractivity contribution in [1.29, 1.82) is 0 Å². The number of aromatic amines is 1. The lowest BCUT2D eigenvalue weighted by Crippen LogP contribution is -2.41. The van der Waals surface area contributed by atoms with Crippen LogP contribution >= 0.6 is 0 Å². The van der Waals surface area contributed by atoms with E-state index in [1.165, 1.54) is 58.2 Å². The third kappa shape index (κ3) is 3.32. The van der Waals surface area contributed by atoms with Gasteiger partial charge in [0.2, 0.25) is 0 Å². The molecule has 2 aliphatic heterocycles. The SMILES string of the molecule is c1nc(N2CCCC(CN3CCCCCC3)C2)c2cn[nH]c2n1. The number of rotatable bonds is 3. The molecule has 124 valence electrons. The van der Waals surface area contributed by atoms with Crippen molar-refractivity contribution < 1.29 is 0 Å². The minimum atomic E-state index is 0.749. The fraction of sp³-hybridized carbons (Fsp3) is 0.706. The molecule has 0 aromatic carbocycles. The fourth-order valence-corrected chi connectivity index (χ4v) is 4.09. The van der Waals surface area contributed by atoms with Crippen LogP contribution in [0, 0.1) is 5.92 Å². The monoisotopic (exact) mass is 314 g/mol. The number of likely N-dealkylation sites (tertiary alicyclic amines) is 1. The summed E-state index contributed by atoms with van der Waals surface area (Å²) >= 11 is 0. The average molecular weight is 314 g/mol. The largest absolute Gasteiger partial charge is 0.356 e. The van der Waals surface area contributed by atoms with Gasteiger partial charge < -0.3 is 9.80 Å². The van der Waals surface area contributed by atoms with Crippen molar-refractivity contribution >= 4 is 16.9 Å². The van der Waals surface area contributed by atoms with Crippen LogP contribution in [0.3, 0.4) is 0 Å². The summed E-state index contributed by atoms with van der Waals surface area (Å²) in [5.41, 5.74) is 0.838. The zero-order valence-electron chi connectivity index (χ0n) is 13.7. The van der Waals surface area contributed by atoms with Gasteiger partial charge in [0, 0.05) is 19.6 Å². The molecule has 0 aliphatic carbocycles. The van der Waals surface area contributed by atoms with Crippen LogP contribution in [0.1, 0.15) is 38.5 Å². The second-order valence-corrected chi connectivity index (χ2v) is 7.00. The van der Waals surface area contributed by atoms with Crippen LogP contribution in [0.5, 0.6) is 0 Å². The van der Waals surface area contributed by atoms with E-state index in [4.69, 9.17) is 0 Å². The second-order valence-electron chi connectivity index (χ2n) is 7.00. The number of H-pyrrole nitrogens is 1. The first-order valence-electron chi connectivity index (χ1n) is 9.01. The van der Waals surface area contributed by atoms with Crippen molar-refractivity contribution in [2.75, 3.05) is 37.6 Å².